The molecular weight excluding hydrogens is 512 g/mol. The van der Waals surface area contributed by atoms with Crippen molar-refractivity contribution in [3.8, 4) is 29.1 Å². The first-order chi connectivity index (χ1) is 19.0. The molecule has 0 radical (unpaired) electrons. The molecule has 1 N–H and O–H groups in total. The van der Waals surface area contributed by atoms with Gasteiger partial charge in [0.1, 0.15) is 26.4 Å². The van der Waals surface area contributed by atoms with Gasteiger partial charge < -0.3 is 29.0 Å². The van der Waals surface area contributed by atoms with Crippen LogP contribution in [0.3, 0.4) is 0 Å². The van der Waals surface area contributed by atoms with Gasteiger partial charge in [0.15, 0.2) is 28.7 Å². The molecule has 0 aliphatic carbocycles. The van der Waals surface area contributed by atoms with Crippen LogP contribution in [0, 0.1) is 31.6 Å². The van der Waals surface area contributed by atoms with Gasteiger partial charge in [-0.1, -0.05) is 24.3 Å². The number of hydrogen-bond donors (Lipinski definition) is 1. The Bertz CT molecular complexity index is 1290. The van der Waals surface area contributed by atoms with Gasteiger partial charge in [-0.25, -0.2) is 0 Å². The third kappa shape index (κ3) is 7.02. The molecule has 0 fully saturated rings. The predicted molar refractivity (Wildman–Crippen MR) is 138 cm³/mol. The molecule has 1 aliphatic heterocycles. The summed E-state index contributed by atoms with van der Waals surface area (Å²) in [5, 5.41) is 35.7. The minimum absolute atomic E-state index is 0.117. The van der Waals surface area contributed by atoms with E-state index >= 15 is 0 Å². The summed E-state index contributed by atoms with van der Waals surface area (Å²) in [6.45, 7) is 0.900. The van der Waals surface area contributed by atoms with Gasteiger partial charge in [0, 0.05) is 12.1 Å². The molecule has 13 nitrogen and oxygen atoms in total. The first-order valence-electron chi connectivity index (χ1n) is 11.9. The van der Waals surface area contributed by atoms with Crippen LogP contribution in [0.15, 0.2) is 60.7 Å². The van der Waals surface area contributed by atoms with E-state index < -0.39 is 27.3 Å². The van der Waals surface area contributed by atoms with E-state index in [1.165, 1.54) is 0 Å². The minimum atomic E-state index is -0.826. The Labute approximate surface area is 222 Å². The summed E-state index contributed by atoms with van der Waals surface area (Å²) in [4.78, 5) is 22.0. The monoisotopic (exact) mass is 536 g/mol. The van der Waals surface area contributed by atoms with Crippen LogP contribution in [0.4, 0.5) is 17.1 Å². The summed E-state index contributed by atoms with van der Waals surface area (Å²) in [6.07, 6.45) is 0. The number of benzene rings is 3. The quantitative estimate of drug-likeness (QED) is 0.376. The van der Waals surface area contributed by atoms with Crippen molar-refractivity contribution in [2.24, 2.45) is 0 Å². The second-order valence-electron chi connectivity index (χ2n) is 8.18. The molecule has 0 saturated carbocycles. The van der Waals surface area contributed by atoms with Crippen molar-refractivity contribution in [2.75, 3.05) is 45.0 Å². The number of fused-ring (bicyclic) bond motifs is 2. The minimum Gasteiger partial charge on any atom is -0.487 e. The molecule has 0 amide bonds. The summed E-state index contributed by atoms with van der Waals surface area (Å²) < 4.78 is 29.1. The van der Waals surface area contributed by atoms with Crippen molar-refractivity contribution >= 4 is 17.1 Å². The Balaban J connectivity index is 1.69. The molecule has 1 aliphatic rings. The van der Waals surface area contributed by atoms with E-state index in [4.69, 9.17) is 23.7 Å². The smallest absolute Gasteiger partial charge is 0.300 e. The van der Waals surface area contributed by atoms with Gasteiger partial charge in [-0.2, -0.15) is 5.26 Å². The summed E-state index contributed by atoms with van der Waals surface area (Å²) in [7, 11) is 0. The van der Waals surface area contributed by atoms with Crippen LogP contribution in [0.25, 0.3) is 0 Å². The molecule has 3 aromatic carbocycles. The average molecular weight is 536 g/mol. The molecule has 3 aromatic rings. The number of nitrogens with one attached hydrogen (secondary N) is 1. The fourth-order valence-corrected chi connectivity index (χ4v) is 3.73. The van der Waals surface area contributed by atoms with E-state index in [2.05, 4.69) is 5.32 Å². The average Bonchev–Trinajstić information content (AvgIpc) is 2.94. The van der Waals surface area contributed by atoms with E-state index in [0.29, 0.717) is 36.2 Å². The number of rotatable bonds is 4. The largest absolute Gasteiger partial charge is 0.487 e. The molecule has 0 aromatic heterocycles. The lowest BCUT2D eigenvalue weighted by atomic mass is 10.1. The molecule has 0 spiro atoms. The summed E-state index contributed by atoms with van der Waals surface area (Å²) in [5.74, 6) is 1.68. The van der Waals surface area contributed by atoms with Gasteiger partial charge in [-0.3, -0.25) is 20.2 Å². The SMILES string of the molecule is N#Cc1cc([N+](=O)[O-])c(NC2COc3ccccc3OCCOCCOc3ccccc3OC2)c([N+](=O)[O-])c1. The van der Waals surface area contributed by atoms with E-state index in [9.17, 15) is 25.5 Å². The first-order valence-corrected chi connectivity index (χ1v) is 11.9. The molecule has 0 bridgehead atoms. The lowest BCUT2D eigenvalue weighted by Gasteiger charge is -2.22. The molecule has 1 heterocycles. The highest BCUT2D eigenvalue weighted by molar-refractivity contribution is 5.76. The maximum absolute atomic E-state index is 11.8. The number of anilines is 1. The molecule has 202 valence electrons. The summed E-state index contributed by atoms with van der Waals surface area (Å²) in [5.41, 5.74) is -1.84. The first kappa shape index (κ1) is 27.0. The summed E-state index contributed by atoms with van der Waals surface area (Å²) in [6, 6.07) is 16.7. The fraction of sp³-hybridized carbons (Fsp3) is 0.269. The molecule has 0 saturated heterocycles. The van der Waals surface area contributed by atoms with Gasteiger partial charge in [-0.15, -0.1) is 0 Å². The van der Waals surface area contributed by atoms with Crippen molar-refractivity contribution in [3.05, 3.63) is 86.5 Å². The highest BCUT2D eigenvalue weighted by atomic mass is 16.6. The van der Waals surface area contributed by atoms with E-state index in [0.717, 1.165) is 12.1 Å². The van der Waals surface area contributed by atoms with Gasteiger partial charge >= 0.3 is 11.4 Å². The predicted octanol–water partition coefficient (Wildman–Crippen LogP) is 4.10. The Morgan fingerprint density at radius 2 is 1.18 bits per heavy atom. The number of nitro groups is 2. The normalized spacial score (nSPS) is 14.5. The molecular formula is C26H24N4O9. The van der Waals surface area contributed by atoms with Crippen LogP contribution < -0.4 is 24.3 Å². The zero-order valence-electron chi connectivity index (χ0n) is 20.6. The lowest BCUT2D eigenvalue weighted by Crippen LogP contribution is -2.34. The Hall–Kier alpha value is -5.09. The molecule has 39 heavy (non-hydrogen) atoms. The van der Waals surface area contributed by atoms with Crippen LogP contribution in [0.1, 0.15) is 5.56 Å². The van der Waals surface area contributed by atoms with Gasteiger partial charge in [0.25, 0.3) is 0 Å². The van der Waals surface area contributed by atoms with Gasteiger partial charge in [-0.05, 0) is 24.3 Å². The number of nitrogens with zero attached hydrogens (tertiary/aromatic N) is 3. The Morgan fingerprint density at radius 1 is 0.744 bits per heavy atom. The topological polar surface area (TPSA) is 168 Å². The van der Waals surface area contributed by atoms with Gasteiger partial charge in [0.2, 0.25) is 0 Å². The summed E-state index contributed by atoms with van der Waals surface area (Å²) >= 11 is 0. The molecule has 0 atom stereocenters. The van der Waals surface area contributed by atoms with E-state index in [-0.39, 0.29) is 37.7 Å². The van der Waals surface area contributed by atoms with Crippen LogP contribution in [0.2, 0.25) is 0 Å². The Morgan fingerprint density at radius 3 is 1.59 bits per heavy atom. The van der Waals surface area contributed by atoms with Crippen molar-refractivity contribution in [2.45, 2.75) is 6.04 Å². The van der Waals surface area contributed by atoms with Crippen molar-refractivity contribution in [1.29, 1.82) is 5.26 Å². The highest BCUT2D eigenvalue weighted by Gasteiger charge is 2.29. The third-order valence-corrected chi connectivity index (χ3v) is 5.52. The van der Waals surface area contributed by atoms with E-state index in [1.807, 2.05) is 0 Å². The van der Waals surface area contributed by atoms with Crippen LogP contribution in [-0.2, 0) is 4.74 Å². The van der Waals surface area contributed by atoms with Gasteiger partial charge in [0.05, 0.1) is 40.7 Å². The number of ether oxygens (including phenoxy) is 5. The number of para-hydroxylation sites is 4. The Kier molecular flexibility index (Phi) is 8.94. The molecule has 4 rings (SSSR count). The second-order valence-corrected chi connectivity index (χ2v) is 8.18. The maximum atomic E-state index is 11.8. The van der Waals surface area contributed by atoms with Crippen molar-refractivity contribution in [3.63, 3.8) is 0 Å². The number of hydrogen-bond acceptors (Lipinski definition) is 11. The fourth-order valence-electron chi connectivity index (χ4n) is 3.73. The van der Waals surface area contributed by atoms with Crippen LogP contribution in [-0.4, -0.2) is 55.5 Å². The van der Waals surface area contributed by atoms with E-state index in [1.54, 1.807) is 54.6 Å². The number of nitro benzene ring substituents is 2. The molecule has 13 heteroatoms. The highest BCUT2D eigenvalue weighted by Crippen LogP contribution is 2.37. The van der Waals surface area contributed by atoms with Crippen molar-refractivity contribution in [1.82, 2.24) is 0 Å². The lowest BCUT2D eigenvalue weighted by molar-refractivity contribution is -0.392. The van der Waals surface area contributed by atoms with Crippen molar-refractivity contribution < 1.29 is 33.5 Å². The third-order valence-electron chi connectivity index (χ3n) is 5.52. The van der Waals surface area contributed by atoms with Crippen LogP contribution in [0.5, 0.6) is 23.0 Å². The zero-order chi connectivity index (χ0) is 27.6. The van der Waals surface area contributed by atoms with Crippen LogP contribution >= 0.6 is 0 Å². The number of nitriles is 1. The standard InChI is InChI=1S/C26H24N4O9/c27-15-18-13-20(29(31)32)26(21(14-18)30(33)34)28-19-16-38-24-7-3-1-5-22(24)36-11-9-35-10-12-37-23-6-2-4-8-25(23)39-17-19/h1-8,13-14,19,28H,9-12,16-17H2. The maximum Gasteiger partial charge on any atom is 0.300 e. The second kappa shape index (κ2) is 12.9. The zero-order valence-corrected chi connectivity index (χ0v) is 20.6. The molecule has 0 unspecified atom stereocenters.